The lowest BCUT2D eigenvalue weighted by Gasteiger charge is -2.29. The minimum Gasteiger partial charge on any atom is -0.497 e. The van der Waals surface area contributed by atoms with E-state index < -0.39 is 23.6 Å². The number of imide groups is 1. The van der Waals surface area contributed by atoms with Crippen LogP contribution in [-0.2, 0) is 34.6 Å². The molecule has 1 aromatic carbocycles. The third-order valence-corrected chi connectivity index (χ3v) is 6.39. The molecule has 0 radical (unpaired) electrons. The number of hydrogen-bond donors (Lipinski definition) is 2. The summed E-state index contributed by atoms with van der Waals surface area (Å²) in [4.78, 5) is 53.5. The van der Waals surface area contributed by atoms with Crippen LogP contribution >= 0.6 is 0 Å². The van der Waals surface area contributed by atoms with Crippen molar-refractivity contribution in [1.29, 1.82) is 0 Å². The second-order valence-corrected chi connectivity index (χ2v) is 8.43. The fourth-order valence-electron chi connectivity index (χ4n) is 4.64. The number of fused-ring (bicyclic) bond motifs is 2. The third-order valence-electron chi connectivity index (χ3n) is 6.39. The van der Waals surface area contributed by atoms with Crippen molar-refractivity contribution in [1.82, 2.24) is 20.4 Å². The monoisotopic (exact) mass is 468 g/mol. The molecule has 3 aliphatic rings. The lowest BCUT2D eigenvalue weighted by atomic mass is 9.94. The molecular formula is C23H24N4O7. The Morgan fingerprint density at radius 3 is 2.71 bits per heavy atom. The highest BCUT2D eigenvalue weighted by Gasteiger charge is 2.53. The standard InChI is InChI=1S/C23H24N4O7/c1-3-33-22(31)26-7-6-13-8-18(34-17(13)11-26)23(20(29)24-21(30)25-23)12-27-10-14-4-5-15(32-2)9-16(14)19(27)28/h4-5,8-9H,3,6-7,10-12H2,1-2H3,(H2,24,25,29,30)/t23-/m0/s1. The van der Waals surface area contributed by atoms with Gasteiger partial charge in [0.05, 0.1) is 26.8 Å². The Labute approximate surface area is 195 Å². The number of furan rings is 1. The molecule has 11 heteroatoms. The average Bonchev–Trinajstić information content (AvgIpc) is 3.47. The van der Waals surface area contributed by atoms with Crippen LogP contribution in [0, 0.1) is 0 Å². The number of carbonyl (C=O) groups excluding carboxylic acids is 4. The van der Waals surface area contributed by atoms with Crippen molar-refractivity contribution in [3.05, 3.63) is 52.5 Å². The summed E-state index contributed by atoms with van der Waals surface area (Å²) in [6.45, 7) is 2.79. The van der Waals surface area contributed by atoms with Crippen LogP contribution in [0.3, 0.4) is 0 Å². The summed E-state index contributed by atoms with van der Waals surface area (Å²) in [5.74, 6) is 0.413. The number of urea groups is 1. The Hall–Kier alpha value is -4.02. The number of ether oxygens (including phenoxy) is 2. The van der Waals surface area contributed by atoms with Gasteiger partial charge in [-0.15, -0.1) is 0 Å². The van der Waals surface area contributed by atoms with Gasteiger partial charge < -0.3 is 29.0 Å². The van der Waals surface area contributed by atoms with E-state index in [4.69, 9.17) is 13.9 Å². The fraction of sp³-hybridized carbons (Fsp3) is 0.391. The second kappa shape index (κ2) is 8.08. The quantitative estimate of drug-likeness (QED) is 0.636. The fourth-order valence-corrected chi connectivity index (χ4v) is 4.64. The van der Waals surface area contributed by atoms with E-state index in [-0.39, 0.29) is 37.9 Å². The minimum absolute atomic E-state index is 0.117. The maximum Gasteiger partial charge on any atom is 0.410 e. The number of hydrogen-bond acceptors (Lipinski definition) is 7. The number of nitrogens with one attached hydrogen (secondary N) is 2. The van der Waals surface area contributed by atoms with E-state index in [1.165, 1.54) is 16.9 Å². The highest BCUT2D eigenvalue weighted by Crippen LogP contribution is 2.35. The van der Waals surface area contributed by atoms with Gasteiger partial charge in [-0.3, -0.25) is 14.9 Å². The molecule has 2 aromatic rings. The summed E-state index contributed by atoms with van der Waals surface area (Å²) in [7, 11) is 1.52. The molecule has 11 nitrogen and oxygen atoms in total. The van der Waals surface area contributed by atoms with Gasteiger partial charge in [-0.1, -0.05) is 6.07 Å². The van der Waals surface area contributed by atoms with Crippen LogP contribution in [0.1, 0.15) is 39.9 Å². The Kier molecular flexibility index (Phi) is 5.18. The Balaban J connectivity index is 1.45. The summed E-state index contributed by atoms with van der Waals surface area (Å²) < 4.78 is 16.3. The first kappa shape index (κ1) is 21.8. The van der Waals surface area contributed by atoms with Gasteiger partial charge in [0.25, 0.3) is 11.8 Å². The van der Waals surface area contributed by atoms with Gasteiger partial charge >= 0.3 is 12.1 Å². The first-order valence-corrected chi connectivity index (χ1v) is 11.0. The Morgan fingerprint density at radius 1 is 1.18 bits per heavy atom. The molecule has 1 fully saturated rings. The van der Waals surface area contributed by atoms with Crippen LogP contribution in [0.2, 0.25) is 0 Å². The predicted octanol–water partition coefficient (Wildman–Crippen LogP) is 1.49. The maximum atomic E-state index is 13.1. The zero-order valence-electron chi connectivity index (χ0n) is 18.8. The molecule has 3 aliphatic heterocycles. The molecule has 1 atom stereocenters. The molecule has 0 saturated carbocycles. The third kappa shape index (κ3) is 3.44. The zero-order chi connectivity index (χ0) is 24.0. The van der Waals surface area contributed by atoms with Crippen LogP contribution in [0.5, 0.6) is 5.75 Å². The molecule has 34 heavy (non-hydrogen) atoms. The summed E-state index contributed by atoms with van der Waals surface area (Å²) in [6, 6.07) is 6.29. The molecule has 0 aliphatic carbocycles. The lowest BCUT2D eigenvalue weighted by molar-refractivity contribution is -0.125. The highest BCUT2D eigenvalue weighted by molar-refractivity contribution is 6.08. The van der Waals surface area contributed by atoms with Gasteiger partial charge in [0, 0.05) is 18.7 Å². The van der Waals surface area contributed by atoms with E-state index in [1.807, 2.05) is 6.07 Å². The summed E-state index contributed by atoms with van der Waals surface area (Å²) in [5.41, 5.74) is 0.535. The number of carbonyl (C=O) groups is 4. The van der Waals surface area contributed by atoms with Crippen molar-refractivity contribution < 1.29 is 33.1 Å². The lowest BCUT2D eigenvalue weighted by Crippen LogP contribution is -2.52. The predicted molar refractivity (Wildman–Crippen MR) is 116 cm³/mol. The van der Waals surface area contributed by atoms with Crippen molar-refractivity contribution in [2.24, 2.45) is 0 Å². The first-order valence-electron chi connectivity index (χ1n) is 11.0. The molecule has 5 amide bonds. The van der Waals surface area contributed by atoms with Crippen molar-refractivity contribution in [2.75, 3.05) is 26.8 Å². The maximum absolute atomic E-state index is 13.1. The first-order chi connectivity index (χ1) is 16.3. The summed E-state index contributed by atoms with van der Waals surface area (Å²) in [6.07, 6.45) is 0.0700. The van der Waals surface area contributed by atoms with Gasteiger partial charge in [-0.2, -0.15) is 0 Å². The Morgan fingerprint density at radius 2 is 2.00 bits per heavy atom. The molecule has 0 bridgehead atoms. The number of benzene rings is 1. The summed E-state index contributed by atoms with van der Waals surface area (Å²) >= 11 is 0. The van der Waals surface area contributed by atoms with E-state index in [0.717, 1.165) is 11.1 Å². The van der Waals surface area contributed by atoms with Crippen LogP contribution in [-0.4, -0.2) is 60.5 Å². The van der Waals surface area contributed by atoms with Crippen LogP contribution in [0.4, 0.5) is 9.59 Å². The molecule has 0 unspecified atom stereocenters. The Bertz CT molecular complexity index is 1210. The van der Waals surface area contributed by atoms with E-state index in [0.29, 0.717) is 30.0 Å². The SMILES string of the molecule is CCOC(=O)N1CCc2cc([C@]3(CN4Cc5ccc(OC)cc5C4=O)NC(=O)NC3=O)oc2C1. The molecule has 4 heterocycles. The van der Waals surface area contributed by atoms with Crippen LogP contribution < -0.4 is 15.4 Å². The zero-order valence-corrected chi connectivity index (χ0v) is 18.8. The highest BCUT2D eigenvalue weighted by atomic mass is 16.6. The normalized spacial score (nSPS) is 21.2. The minimum atomic E-state index is -1.59. The molecule has 2 N–H and O–H groups in total. The second-order valence-electron chi connectivity index (χ2n) is 8.43. The molecule has 0 spiro atoms. The topological polar surface area (TPSA) is 130 Å². The van der Waals surface area contributed by atoms with E-state index in [2.05, 4.69) is 10.6 Å². The smallest absolute Gasteiger partial charge is 0.410 e. The largest absolute Gasteiger partial charge is 0.497 e. The van der Waals surface area contributed by atoms with Gasteiger partial charge in [0.2, 0.25) is 0 Å². The van der Waals surface area contributed by atoms with Gasteiger partial charge in [0.15, 0.2) is 5.54 Å². The van der Waals surface area contributed by atoms with E-state index >= 15 is 0 Å². The van der Waals surface area contributed by atoms with Gasteiger partial charge in [0.1, 0.15) is 17.3 Å². The van der Waals surface area contributed by atoms with Crippen LogP contribution in [0.15, 0.2) is 28.7 Å². The average molecular weight is 468 g/mol. The molecule has 178 valence electrons. The van der Waals surface area contributed by atoms with Crippen molar-refractivity contribution in [3.8, 4) is 5.75 Å². The van der Waals surface area contributed by atoms with Crippen molar-refractivity contribution >= 4 is 23.9 Å². The van der Waals surface area contributed by atoms with E-state index in [1.54, 1.807) is 25.1 Å². The molecular weight excluding hydrogens is 444 g/mol. The number of methoxy groups -OCH3 is 1. The van der Waals surface area contributed by atoms with Gasteiger partial charge in [-0.05, 0) is 42.7 Å². The molecule has 5 rings (SSSR count). The number of amides is 5. The van der Waals surface area contributed by atoms with Crippen LogP contribution in [0.25, 0.3) is 0 Å². The van der Waals surface area contributed by atoms with E-state index in [9.17, 15) is 19.2 Å². The van der Waals surface area contributed by atoms with Gasteiger partial charge in [-0.25, -0.2) is 9.59 Å². The van der Waals surface area contributed by atoms with Crippen molar-refractivity contribution in [3.63, 3.8) is 0 Å². The van der Waals surface area contributed by atoms with Crippen molar-refractivity contribution in [2.45, 2.75) is 32.0 Å². The number of rotatable bonds is 5. The molecule has 1 aromatic heterocycles. The number of nitrogens with zero attached hydrogens (tertiary/aromatic N) is 2. The summed E-state index contributed by atoms with van der Waals surface area (Å²) in [5, 5.41) is 4.94. The molecule has 1 saturated heterocycles.